The van der Waals surface area contributed by atoms with E-state index in [1.807, 2.05) is 0 Å². The zero-order chi connectivity index (χ0) is 10.9. The largest absolute Gasteiger partial charge is 0.392 e. The van der Waals surface area contributed by atoms with Gasteiger partial charge in [0, 0.05) is 0 Å². The summed E-state index contributed by atoms with van der Waals surface area (Å²) in [5.41, 5.74) is 0. The lowest BCUT2D eigenvalue weighted by atomic mass is 9.99. The van der Waals surface area contributed by atoms with E-state index in [1.54, 1.807) is 0 Å². The van der Waals surface area contributed by atoms with Crippen LogP contribution in [0.1, 0.15) is 0 Å². The van der Waals surface area contributed by atoms with Gasteiger partial charge in [-0.25, -0.2) is 0 Å². The van der Waals surface area contributed by atoms with Gasteiger partial charge in [-0.05, 0) is 15.9 Å². The Kier molecular flexibility index (Phi) is 4.12. The van der Waals surface area contributed by atoms with Crippen molar-refractivity contribution >= 4 is 27.8 Å². The highest BCUT2D eigenvalue weighted by Crippen LogP contribution is 2.36. The van der Waals surface area contributed by atoms with Gasteiger partial charge >= 0.3 is 0 Å². The van der Waals surface area contributed by atoms with Crippen LogP contribution in [0, 0.1) is 0 Å². The fourth-order valence-corrected chi connectivity index (χ4v) is 2.10. The Hall–Kier alpha value is 0.530. The van der Waals surface area contributed by atoms with E-state index in [2.05, 4.69) is 20.2 Å². The first-order chi connectivity index (χ1) is 6.46. The van der Waals surface area contributed by atoms with Crippen LogP contribution in [0.25, 0.3) is 0 Å². The second kappa shape index (κ2) is 4.58. The molecule has 1 heterocycles. The average Bonchev–Trinajstić information content (AvgIpc) is 2.15. The summed E-state index contributed by atoms with van der Waals surface area (Å²) in [5.74, 6) is 0. The van der Waals surface area contributed by atoms with E-state index >= 15 is 0 Å². The van der Waals surface area contributed by atoms with Crippen molar-refractivity contribution in [2.75, 3.05) is 6.61 Å². The van der Waals surface area contributed by atoms with Crippen LogP contribution in [0.15, 0.2) is 0 Å². The van der Waals surface area contributed by atoms with Gasteiger partial charge in [0.05, 0.1) is 18.5 Å². The van der Waals surface area contributed by atoms with E-state index in [0.717, 1.165) is 0 Å². The molecule has 0 bridgehead atoms. The Bertz CT molecular complexity index is 207. The number of hydrogen-bond donors (Lipinski definition) is 4. The minimum Gasteiger partial charge on any atom is -0.392 e. The summed E-state index contributed by atoms with van der Waals surface area (Å²) in [6, 6.07) is 0. The number of aliphatic hydroxyl groups excluding tert-OH is 4. The van der Waals surface area contributed by atoms with Gasteiger partial charge in [0.25, 0.3) is 0 Å². The lowest BCUT2D eigenvalue weighted by Gasteiger charge is -2.43. The normalized spacial score (nSPS) is 49.3. The van der Waals surface area contributed by atoms with Crippen molar-refractivity contribution in [3.05, 3.63) is 0 Å². The highest BCUT2D eigenvalue weighted by Gasteiger charge is 2.53. The Labute approximate surface area is 93.3 Å². The van der Waals surface area contributed by atoms with Gasteiger partial charge < -0.3 is 25.2 Å². The molecular weight excluding hydrogens is 283 g/mol. The topological polar surface area (TPSA) is 99.4 Å². The van der Waals surface area contributed by atoms with Gasteiger partial charge in [0.1, 0.15) is 18.3 Å². The van der Waals surface area contributed by atoms with Crippen molar-refractivity contribution in [3.8, 4) is 0 Å². The number of ether oxygens (including phenoxy) is 1. The van der Waals surface area contributed by atoms with Crippen LogP contribution in [0.4, 0.5) is 0 Å². The molecule has 1 unspecified atom stereocenters. The summed E-state index contributed by atoms with van der Waals surface area (Å²) in [6.45, 7) is -0.592. The summed E-state index contributed by atoms with van der Waals surface area (Å²) in [5, 5.41) is 36.8. The third kappa shape index (κ3) is 2.05. The molecule has 14 heavy (non-hydrogen) atoms. The smallest absolute Gasteiger partial charge is 0.185 e. The summed E-state index contributed by atoms with van der Waals surface area (Å²) in [6.07, 6.45) is -5.84. The monoisotopic (exact) mass is 292 g/mol. The fraction of sp³-hybridized carbons (Fsp3) is 1.00. The van der Waals surface area contributed by atoms with Gasteiger partial charge in [0.15, 0.2) is 10.8 Å². The van der Waals surface area contributed by atoms with Crippen LogP contribution < -0.4 is 0 Å². The Morgan fingerprint density at radius 2 is 1.93 bits per heavy atom. The van der Waals surface area contributed by atoms with Crippen LogP contribution in [0.2, 0.25) is 0 Å². The standard InChI is InChI=1S/C6H10BrClO6/c7-6(1-9)4(14-8)2(10)3(11)5(12)13-6/h2-5,9-12H,1H2/t2-,3-,4-,5?,6-/m1/s1. The molecule has 0 aromatic carbocycles. The molecule has 0 aromatic heterocycles. The summed E-state index contributed by atoms with van der Waals surface area (Å²) >= 11 is 7.99. The molecule has 0 aliphatic carbocycles. The van der Waals surface area contributed by atoms with Crippen molar-refractivity contribution in [2.45, 2.75) is 29.1 Å². The van der Waals surface area contributed by atoms with E-state index in [-0.39, 0.29) is 0 Å². The molecule has 0 radical (unpaired) electrons. The second-order valence-electron chi connectivity index (χ2n) is 2.94. The lowest BCUT2D eigenvalue weighted by molar-refractivity contribution is -0.291. The maximum atomic E-state index is 9.43. The summed E-state index contributed by atoms with van der Waals surface area (Å²) in [4.78, 5) is 0. The van der Waals surface area contributed by atoms with Gasteiger partial charge in [0.2, 0.25) is 0 Å². The molecule has 0 spiro atoms. The number of alkyl halides is 1. The Morgan fingerprint density at radius 1 is 1.36 bits per heavy atom. The van der Waals surface area contributed by atoms with Crippen LogP contribution in [0.5, 0.6) is 0 Å². The molecule has 1 saturated heterocycles. The zero-order valence-corrected chi connectivity index (χ0v) is 9.22. The SMILES string of the molecule is OC[C@@]1(Br)OC(O)[C@H](O)[C@@H](O)[C@H]1OCl. The van der Waals surface area contributed by atoms with Crippen molar-refractivity contribution in [1.82, 2.24) is 0 Å². The maximum absolute atomic E-state index is 9.43. The predicted octanol–water partition coefficient (Wildman–Crippen LogP) is -1.32. The highest BCUT2D eigenvalue weighted by atomic mass is 79.9. The zero-order valence-electron chi connectivity index (χ0n) is 6.88. The third-order valence-electron chi connectivity index (χ3n) is 2.01. The molecule has 84 valence electrons. The number of rotatable bonds is 2. The molecule has 1 aliphatic rings. The molecule has 0 aromatic rings. The molecule has 6 nitrogen and oxygen atoms in total. The molecule has 4 N–H and O–H groups in total. The summed E-state index contributed by atoms with van der Waals surface area (Å²) in [7, 11) is 0. The molecule has 0 amide bonds. The van der Waals surface area contributed by atoms with E-state index in [1.165, 1.54) is 0 Å². The first kappa shape index (κ1) is 12.6. The van der Waals surface area contributed by atoms with Crippen molar-refractivity contribution in [3.63, 3.8) is 0 Å². The molecule has 8 heteroatoms. The fourth-order valence-electron chi connectivity index (χ4n) is 1.19. The minimum absolute atomic E-state index is 0.592. The van der Waals surface area contributed by atoms with E-state index in [9.17, 15) is 10.2 Å². The molecule has 1 fully saturated rings. The van der Waals surface area contributed by atoms with E-state index in [4.69, 9.17) is 26.8 Å². The molecular formula is C6H10BrClO6. The van der Waals surface area contributed by atoms with Crippen LogP contribution in [-0.2, 0) is 9.03 Å². The third-order valence-corrected chi connectivity index (χ3v) is 3.09. The van der Waals surface area contributed by atoms with Crippen molar-refractivity contribution < 1.29 is 29.5 Å². The van der Waals surface area contributed by atoms with Crippen LogP contribution >= 0.6 is 27.8 Å². The van der Waals surface area contributed by atoms with Crippen molar-refractivity contribution in [1.29, 1.82) is 0 Å². The van der Waals surface area contributed by atoms with Gasteiger partial charge in [-0.2, -0.15) is 0 Å². The second-order valence-corrected chi connectivity index (χ2v) is 4.46. The first-order valence-electron chi connectivity index (χ1n) is 3.75. The molecule has 1 rings (SSSR count). The minimum atomic E-state index is -1.63. The Balaban J connectivity index is 2.87. The van der Waals surface area contributed by atoms with Gasteiger partial charge in [-0.1, -0.05) is 0 Å². The van der Waals surface area contributed by atoms with Crippen LogP contribution in [0.3, 0.4) is 0 Å². The van der Waals surface area contributed by atoms with Gasteiger partial charge in [-0.15, -0.1) is 0 Å². The summed E-state index contributed by atoms with van der Waals surface area (Å²) < 4.78 is 7.62. The molecule has 5 atom stereocenters. The number of halogens is 2. The first-order valence-corrected chi connectivity index (χ1v) is 4.85. The lowest BCUT2D eigenvalue weighted by Crippen LogP contribution is -2.63. The van der Waals surface area contributed by atoms with E-state index in [0.29, 0.717) is 0 Å². The van der Waals surface area contributed by atoms with Crippen LogP contribution in [-0.4, -0.2) is 56.1 Å². The van der Waals surface area contributed by atoms with E-state index < -0.39 is 35.7 Å². The number of hydrogen-bond acceptors (Lipinski definition) is 6. The van der Waals surface area contributed by atoms with Crippen molar-refractivity contribution in [2.24, 2.45) is 0 Å². The maximum Gasteiger partial charge on any atom is 0.185 e. The predicted molar refractivity (Wildman–Crippen MR) is 48.6 cm³/mol. The quantitative estimate of drug-likeness (QED) is 0.471. The Morgan fingerprint density at radius 3 is 2.36 bits per heavy atom. The molecule has 1 aliphatic heterocycles. The average molecular weight is 293 g/mol. The highest BCUT2D eigenvalue weighted by molar-refractivity contribution is 9.10. The number of aliphatic hydroxyl groups is 4. The molecule has 0 saturated carbocycles. The van der Waals surface area contributed by atoms with Gasteiger partial charge in [-0.3, -0.25) is 4.29 Å².